The molecule has 0 radical (unpaired) electrons. The van der Waals surface area contributed by atoms with E-state index >= 15 is 0 Å². The van der Waals surface area contributed by atoms with Gasteiger partial charge in [-0.05, 0) is 29.5 Å². The molecule has 0 atom stereocenters. The SMILES string of the molecule is CC(=O)Cc1ccc(C(C)(C)C)c(Cl)c1. The summed E-state index contributed by atoms with van der Waals surface area (Å²) in [6.45, 7) is 7.96. The van der Waals surface area contributed by atoms with E-state index in [0.717, 1.165) is 16.1 Å². The number of carbonyl (C=O) groups is 1. The lowest BCUT2D eigenvalue weighted by Crippen LogP contribution is -2.12. The van der Waals surface area contributed by atoms with Gasteiger partial charge in [0, 0.05) is 11.4 Å². The summed E-state index contributed by atoms with van der Waals surface area (Å²) in [5, 5.41) is 0.751. The molecule has 0 N–H and O–H groups in total. The van der Waals surface area contributed by atoms with Gasteiger partial charge in [-0.15, -0.1) is 0 Å². The first-order valence-corrected chi connectivity index (χ1v) is 5.47. The molecule has 1 aromatic carbocycles. The number of rotatable bonds is 2. The highest BCUT2D eigenvalue weighted by Gasteiger charge is 2.17. The van der Waals surface area contributed by atoms with Crippen LogP contribution in [-0.4, -0.2) is 5.78 Å². The van der Waals surface area contributed by atoms with Crippen molar-refractivity contribution in [3.63, 3.8) is 0 Å². The minimum atomic E-state index is 0.0475. The summed E-state index contributed by atoms with van der Waals surface area (Å²) in [5.74, 6) is 0.162. The fraction of sp³-hybridized carbons (Fsp3) is 0.462. The van der Waals surface area contributed by atoms with Crippen LogP contribution in [0.15, 0.2) is 18.2 Å². The van der Waals surface area contributed by atoms with Crippen LogP contribution in [0.5, 0.6) is 0 Å². The van der Waals surface area contributed by atoms with Crippen molar-refractivity contribution in [1.82, 2.24) is 0 Å². The van der Waals surface area contributed by atoms with Gasteiger partial charge in [0.15, 0.2) is 0 Å². The molecule has 0 unspecified atom stereocenters. The maximum absolute atomic E-state index is 11.0. The number of hydrogen-bond acceptors (Lipinski definition) is 1. The summed E-state index contributed by atoms with van der Waals surface area (Å²) in [7, 11) is 0. The predicted molar refractivity (Wildman–Crippen MR) is 64.5 cm³/mol. The van der Waals surface area contributed by atoms with Gasteiger partial charge >= 0.3 is 0 Å². The van der Waals surface area contributed by atoms with Crippen molar-refractivity contribution in [3.05, 3.63) is 34.3 Å². The lowest BCUT2D eigenvalue weighted by atomic mass is 9.86. The summed E-state index contributed by atoms with van der Waals surface area (Å²) < 4.78 is 0. The van der Waals surface area contributed by atoms with Crippen molar-refractivity contribution < 1.29 is 4.79 Å². The quantitative estimate of drug-likeness (QED) is 0.748. The van der Waals surface area contributed by atoms with E-state index in [2.05, 4.69) is 20.8 Å². The standard InChI is InChI=1S/C13H17ClO/c1-9(15)7-10-5-6-11(12(14)8-10)13(2,3)4/h5-6,8H,7H2,1-4H3. The number of Topliss-reactive ketones (excluding diaryl/α,β-unsaturated/α-hetero) is 1. The molecule has 0 spiro atoms. The van der Waals surface area contributed by atoms with Gasteiger partial charge in [-0.3, -0.25) is 4.79 Å². The fourth-order valence-corrected chi connectivity index (χ4v) is 2.05. The summed E-state index contributed by atoms with van der Waals surface area (Å²) in [6, 6.07) is 5.89. The molecule has 0 aliphatic rings. The van der Waals surface area contributed by atoms with E-state index in [0.29, 0.717) is 6.42 Å². The van der Waals surface area contributed by atoms with Crippen LogP contribution in [0.3, 0.4) is 0 Å². The van der Waals surface area contributed by atoms with Crippen molar-refractivity contribution in [2.75, 3.05) is 0 Å². The van der Waals surface area contributed by atoms with Crippen LogP contribution in [0.25, 0.3) is 0 Å². The monoisotopic (exact) mass is 224 g/mol. The minimum Gasteiger partial charge on any atom is -0.300 e. The van der Waals surface area contributed by atoms with E-state index in [1.165, 1.54) is 0 Å². The maximum Gasteiger partial charge on any atom is 0.134 e. The summed E-state index contributed by atoms with van der Waals surface area (Å²) in [6.07, 6.45) is 0.462. The van der Waals surface area contributed by atoms with Crippen molar-refractivity contribution in [1.29, 1.82) is 0 Å². The lowest BCUT2D eigenvalue weighted by Gasteiger charge is -2.20. The highest BCUT2D eigenvalue weighted by Crippen LogP contribution is 2.30. The Kier molecular flexibility index (Phi) is 3.56. The Labute approximate surface area is 96.5 Å². The second kappa shape index (κ2) is 4.36. The first-order chi connectivity index (χ1) is 6.80. The number of benzene rings is 1. The summed E-state index contributed by atoms with van der Waals surface area (Å²) >= 11 is 6.19. The Balaban J connectivity index is 3.04. The molecule has 1 nitrogen and oxygen atoms in total. The third-order valence-corrected chi connectivity index (χ3v) is 2.61. The Morgan fingerprint density at radius 3 is 2.33 bits per heavy atom. The first kappa shape index (κ1) is 12.3. The number of ketones is 1. The molecule has 0 aliphatic carbocycles. The average Bonchev–Trinajstić information content (AvgIpc) is 1.99. The van der Waals surface area contributed by atoms with Crippen molar-refractivity contribution in [2.45, 2.75) is 39.5 Å². The minimum absolute atomic E-state index is 0.0475. The molecule has 0 fully saturated rings. The molecule has 1 rings (SSSR count). The van der Waals surface area contributed by atoms with E-state index in [9.17, 15) is 4.79 Å². The van der Waals surface area contributed by atoms with Crippen molar-refractivity contribution in [2.24, 2.45) is 0 Å². The van der Waals surface area contributed by atoms with E-state index < -0.39 is 0 Å². The van der Waals surface area contributed by atoms with Crippen molar-refractivity contribution in [3.8, 4) is 0 Å². The first-order valence-electron chi connectivity index (χ1n) is 5.09. The van der Waals surface area contributed by atoms with E-state index in [4.69, 9.17) is 11.6 Å². The molecule has 0 amide bonds. The van der Waals surface area contributed by atoms with Gasteiger partial charge in [0.25, 0.3) is 0 Å². The van der Waals surface area contributed by atoms with Gasteiger partial charge in [-0.2, -0.15) is 0 Å². The Morgan fingerprint density at radius 2 is 1.93 bits per heavy atom. The van der Waals surface area contributed by atoms with Crippen LogP contribution < -0.4 is 0 Å². The zero-order valence-corrected chi connectivity index (χ0v) is 10.5. The van der Waals surface area contributed by atoms with Gasteiger partial charge in [-0.1, -0.05) is 44.5 Å². The molecular weight excluding hydrogens is 208 g/mol. The van der Waals surface area contributed by atoms with E-state index in [1.807, 2.05) is 18.2 Å². The summed E-state index contributed by atoms with van der Waals surface area (Å²) in [4.78, 5) is 11.0. The van der Waals surface area contributed by atoms with Crippen LogP contribution in [0, 0.1) is 0 Å². The van der Waals surface area contributed by atoms with Crippen molar-refractivity contribution >= 4 is 17.4 Å². The third kappa shape index (κ3) is 3.35. The molecule has 0 aliphatic heterocycles. The van der Waals surface area contributed by atoms with Crippen LogP contribution in [0.2, 0.25) is 5.02 Å². The molecule has 0 bridgehead atoms. The Hall–Kier alpha value is -0.820. The molecular formula is C13H17ClO. The zero-order valence-electron chi connectivity index (χ0n) is 9.73. The highest BCUT2D eigenvalue weighted by molar-refractivity contribution is 6.31. The molecule has 0 aromatic heterocycles. The van der Waals surface area contributed by atoms with E-state index in [1.54, 1.807) is 6.92 Å². The Morgan fingerprint density at radius 1 is 1.33 bits per heavy atom. The van der Waals surface area contributed by atoms with Gasteiger partial charge < -0.3 is 0 Å². The van der Waals surface area contributed by atoms with Gasteiger partial charge in [0.2, 0.25) is 0 Å². The van der Waals surface area contributed by atoms with Crippen LogP contribution in [0.1, 0.15) is 38.8 Å². The van der Waals surface area contributed by atoms with Crippen LogP contribution >= 0.6 is 11.6 Å². The topological polar surface area (TPSA) is 17.1 Å². The normalized spacial score (nSPS) is 11.5. The lowest BCUT2D eigenvalue weighted by molar-refractivity contribution is -0.116. The maximum atomic E-state index is 11.0. The number of halogens is 1. The second-order valence-corrected chi connectivity index (χ2v) is 5.35. The molecule has 0 heterocycles. The smallest absolute Gasteiger partial charge is 0.134 e. The molecule has 2 heteroatoms. The molecule has 0 saturated heterocycles. The third-order valence-electron chi connectivity index (χ3n) is 2.29. The van der Waals surface area contributed by atoms with Gasteiger partial charge in [0.05, 0.1) is 0 Å². The molecule has 1 aromatic rings. The van der Waals surface area contributed by atoms with E-state index in [-0.39, 0.29) is 11.2 Å². The van der Waals surface area contributed by atoms with Crippen LogP contribution in [0.4, 0.5) is 0 Å². The predicted octanol–water partition coefficient (Wildman–Crippen LogP) is 3.77. The highest BCUT2D eigenvalue weighted by atomic mass is 35.5. The van der Waals surface area contributed by atoms with Gasteiger partial charge in [-0.25, -0.2) is 0 Å². The Bertz CT molecular complexity index is 375. The number of carbonyl (C=O) groups excluding carboxylic acids is 1. The van der Waals surface area contributed by atoms with Crippen LogP contribution in [-0.2, 0) is 16.6 Å². The second-order valence-electron chi connectivity index (χ2n) is 4.94. The average molecular weight is 225 g/mol. The zero-order chi connectivity index (χ0) is 11.6. The van der Waals surface area contributed by atoms with Gasteiger partial charge in [0.1, 0.15) is 5.78 Å². The molecule has 82 valence electrons. The number of hydrogen-bond donors (Lipinski definition) is 0. The fourth-order valence-electron chi connectivity index (χ4n) is 1.56. The largest absolute Gasteiger partial charge is 0.300 e. The molecule has 15 heavy (non-hydrogen) atoms. The molecule has 0 saturated carbocycles. The summed E-state index contributed by atoms with van der Waals surface area (Å²) in [5.41, 5.74) is 2.16.